The molecule has 0 bridgehead atoms. The molecule has 6 heteroatoms. The van der Waals surface area contributed by atoms with Gasteiger partial charge in [0.25, 0.3) is 0 Å². The van der Waals surface area contributed by atoms with Gasteiger partial charge in [0, 0.05) is 5.56 Å². The van der Waals surface area contributed by atoms with Crippen LogP contribution in [0.25, 0.3) is 0 Å². The zero-order valence-corrected chi connectivity index (χ0v) is 12.9. The Morgan fingerprint density at radius 3 is 1.82 bits per heavy atom. The van der Waals surface area contributed by atoms with Crippen LogP contribution in [0, 0.1) is 6.92 Å². The van der Waals surface area contributed by atoms with E-state index in [1.165, 1.54) is 0 Å². The Hall–Kier alpha value is -1.92. The van der Waals surface area contributed by atoms with Crippen LogP contribution >= 0.6 is 0 Å². The Morgan fingerprint density at radius 1 is 0.955 bits per heavy atom. The summed E-state index contributed by atoms with van der Waals surface area (Å²) in [6.07, 6.45) is -3.04. The van der Waals surface area contributed by atoms with Gasteiger partial charge in [0.15, 0.2) is 18.5 Å². The minimum atomic E-state index is -1.12. The zero-order valence-electron chi connectivity index (χ0n) is 12.9. The topological polar surface area (TPSA) is 71.1 Å². The molecule has 1 fully saturated rings. The van der Waals surface area contributed by atoms with Crippen molar-refractivity contribution in [1.29, 1.82) is 0 Å². The molecule has 22 heavy (non-hydrogen) atoms. The van der Waals surface area contributed by atoms with Gasteiger partial charge >= 0.3 is 11.9 Å². The van der Waals surface area contributed by atoms with E-state index in [4.69, 9.17) is 18.9 Å². The summed E-state index contributed by atoms with van der Waals surface area (Å²) in [5, 5.41) is 0. The summed E-state index contributed by atoms with van der Waals surface area (Å²) >= 11 is 0. The molecule has 0 saturated carbocycles. The number of hydrogen-bond donors (Lipinski definition) is 0. The second kappa shape index (κ2) is 7.38. The van der Waals surface area contributed by atoms with Gasteiger partial charge in [-0.25, -0.2) is 9.59 Å². The zero-order chi connectivity index (χ0) is 16.1. The maximum absolute atomic E-state index is 12.0. The summed E-state index contributed by atoms with van der Waals surface area (Å²) in [4.78, 5) is 23.9. The van der Waals surface area contributed by atoms with Gasteiger partial charge in [-0.1, -0.05) is 29.8 Å². The van der Waals surface area contributed by atoms with Gasteiger partial charge in [-0.3, -0.25) is 0 Å². The Balaban J connectivity index is 2.17. The summed E-state index contributed by atoms with van der Waals surface area (Å²) in [5.74, 6) is -1.26. The summed E-state index contributed by atoms with van der Waals surface area (Å²) in [6, 6.07) is 7.46. The Bertz CT molecular complexity index is 498. The van der Waals surface area contributed by atoms with Crippen molar-refractivity contribution < 1.29 is 28.5 Å². The second-order valence-electron chi connectivity index (χ2n) is 4.86. The molecule has 120 valence electrons. The molecule has 6 nitrogen and oxygen atoms in total. The van der Waals surface area contributed by atoms with Gasteiger partial charge in [-0.2, -0.15) is 0 Å². The Labute approximate surface area is 129 Å². The average Bonchev–Trinajstić information content (AvgIpc) is 2.94. The standard InChI is InChI=1S/C16H20O6/c1-4-19-14(17)12-13(15(18)20-5-2)22-16(21-12)11-8-6-10(3)7-9-11/h6-9,12-13,16H,4-5H2,1-3H3/t12-,13-/m1/s1. The van der Waals surface area contributed by atoms with Crippen molar-refractivity contribution >= 4 is 11.9 Å². The molecule has 1 aliphatic heterocycles. The van der Waals surface area contributed by atoms with Gasteiger partial charge in [0.1, 0.15) is 0 Å². The monoisotopic (exact) mass is 308 g/mol. The van der Waals surface area contributed by atoms with Crippen molar-refractivity contribution in [3.63, 3.8) is 0 Å². The third-order valence-electron chi connectivity index (χ3n) is 3.20. The lowest BCUT2D eigenvalue weighted by atomic mass is 10.1. The molecule has 1 heterocycles. The predicted octanol–water partition coefficient (Wildman–Crippen LogP) is 1.90. The molecule has 1 aromatic carbocycles. The fourth-order valence-electron chi connectivity index (χ4n) is 2.13. The number of ether oxygens (including phenoxy) is 4. The summed E-state index contributed by atoms with van der Waals surface area (Å²) in [7, 11) is 0. The molecule has 0 aromatic heterocycles. The van der Waals surface area contributed by atoms with Crippen LogP contribution < -0.4 is 0 Å². The quantitative estimate of drug-likeness (QED) is 0.774. The fourth-order valence-corrected chi connectivity index (χ4v) is 2.13. The molecule has 2 atom stereocenters. The molecule has 0 N–H and O–H groups in total. The summed E-state index contributed by atoms with van der Waals surface area (Å²) < 4.78 is 21.0. The Kier molecular flexibility index (Phi) is 5.51. The van der Waals surface area contributed by atoms with Crippen LogP contribution in [0.1, 0.15) is 31.3 Å². The second-order valence-corrected chi connectivity index (χ2v) is 4.86. The highest BCUT2D eigenvalue weighted by molar-refractivity contribution is 5.86. The minimum absolute atomic E-state index is 0.198. The predicted molar refractivity (Wildman–Crippen MR) is 76.9 cm³/mol. The van der Waals surface area contributed by atoms with Crippen LogP contribution in [-0.2, 0) is 28.5 Å². The van der Waals surface area contributed by atoms with Gasteiger partial charge in [0.2, 0.25) is 0 Å². The van der Waals surface area contributed by atoms with Gasteiger partial charge < -0.3 is 18.9 Å². The van der Waals surface area contributed by atoms with E-state index in [1.807, 2.05) is 31.2 Å². The number of rotatable bonds is 5. The normalized spacial score (nSPS) is 21.6. The van der Waals surface area contributed by atoms with E-state index >= 15 is 0 Å². The van der Waals surface area contributed by atoms with E-state index < -0.39 is 30.4 Å². The lowest BCUT2D eigenvalue weighted by Crippen LogP contribution is -2.39. The first kappa shape index (κ1) is 16.5. The molecule has 1 aromatic rings. The largest absolute Gasteiger partial charge is 0.464 e. The molecular weight excluding hydrogens is 288 g/mol. The number of esters is 2. The van der Waals surface area contributed by atoms with Crippen LogP contribution in [0.15, 0.2) is 24.3 Å². The first-order valence-electron chi connectivity index (χ1n) is 7.27. The minimum Gasteiger partial charge on any atom is -0.464 e. The maximum Gasteiger partial charge on any atom is 0.338 e. The molecule has 0 radical (unpaired) electrons. The van der Waals surface area contributed by atoms with E-state index in [0.717, 1.165) is 11.1 Å². The van der Waals surface area contributed by atoms with E-state index in [9.17, 15) is 9.59 Å². The molecule has 0 aliphatic carbocycles. The van der Waals surface area contributed by atoms with Crippen molar-refractivity contribution in [1.82, 2.24) is 0 Å². The Morgan fingerprint density at radius 2 is 1.41 bits per heavy atom. The number of carbonyl (C=O) groups is 2. The molecule has 0 spiro atoms. The molecule has 0 amide bonds. The van der Waals surface area contributed by atoms with Crippen molar-refractivity contribution in [2.75, 3.05) is 13.2 Å². The highest BCUT2D eigenvalue weighted by Crippen LogP contribution is 2.32. The highest BCUT2D eigenvalue weighted by Gasteiger charge is 2.47. The fraction of sp³-hybridized carbons (Fsp3) is 0.500. The highest BCUT2D eigenvalue weighted by atomic mass is 16.8. The van der Waals surface area contributed by atoms with Gasteiger partial charge in [-0.15, -0.1) is 0 Å². The van der Waals surface area contributed by atoms with Crippen molar-refractivity contribution in [2.24, 2.45) is 0 Å². The van der Waals surface area contributed by atoms with E-state index in [1.54, 1.807) is 13.8 Å². The number of aryl methyl sites for hydroxylation is 1. The number of carbonyl (C=O) groups excluding carboxylic acids is 2. The summed E-state index contributed by atoms with van der Waals surface area (Å²) in [5.41, 5.74) is 1.82. The smallest absolute Gasteiger partial charge is 0.338 e. The average molecular weight is 308 g/mol. The third-order valence-corrected chi connectivity index (χ3v) is 3.20. The van der Waals surface area contributed by atoms with E-state index in [-0.39, 0.29) is 13.2 Å². The summed E-state index contributed by atoms with van der Waals surface area (Å²) in [6.45, 7) is 5.73. The van der Waals surface area contributed by atoms with Gasteiger partial charge in [-0.05, 0) is 20.8 Å². The van der Waals surface area contributed by atoms with Crippen LogP contribution in [0.4, 0.5) is 0 Å². The maximum atomic E-state index is 12.0. The lowest BCUT2D eigenvalue weighted by Gasteiger charge is -2.13. The molecular formula is C16H20O6. The van der Waals surface area contributed by atoms with Crippen molar-refractivity contribution in [3.8, 4) is 0 Å². The van der Waals surface area contributed by atoms with Crippen LogP contribution in [-0.4, -0.2) is 37.4 Å². The van der Waals surface area contributed by atoms with Gasteiger partial charge in [0.05, 0.1) is 13.2 Å². The molecule has 0 unspecified atom stereocenters. The molecule has 2 rings (SSSR count). The van der Waals surface area contributed by atoms with Crippen LogP contribution in [0.3, 0.4) is 0 Å². The molecule has 1 saturated heterocycles. The number of benzene rings is 1. The molecule has 1 aliphatic rings. The first-order valence-corrected chi connectivity index (χ1v) is 7.27. The van der Waals surface area contributed by atoms with Crippen molar-refractivity contribution in [3.05, 3.63) is 35.4 Å². The first-order chi connectivity index (χ1) is 10.6. The van der Waals surface area contributed by atoms with E-state index in [2.05, 4.69) is 0 Å². The van der Waals surface area contributed by atoms with E-state index in [0.29, 0.717) is 0 Å². The third kappa shape index (κ3) is 3.64. The van der Waals surface area contributed by atoms with Crippen LogP contribution in [0.5, 0.6) is 0 Å². The van der Waals surface area contributed by atoms with Crippen LogP contribution in [0.2, 0.25) is 0 Å². The lowest BCUT2D eigenvalue weighted by molar-refractivity contribution is -0.163. The number of hydrogen-bond acceptors (Lipinski definition) is 6. The van der Waals surface area contributed by atoms with Crippen molar-refractivity contribution in [2.45, 2.75) is 39.3 Å². The SMILES string of the molecule is CCOC(=O)[C@@H]1OC(c2ccc(C)cc2)O[C@H]1C(=O)OCC.